The topological polar surface area (TPSA) is 61.3 Å². The number of benzene rings is 4. The normalized spacial score (nSPS) is 11.4. The number of imidazole rings is 1. The number of hydrogen-bond donors (Lipinski definition) is 2. The molecule has 5 aromatic rings. The van der Waals surface area contributed by atoms with Crippen molar-refractivity contribution in [3.8, 4) is 17.1 Å². The first-order chi connectivity index (χ1) is 15.2. The van der Waals surface area contributed by atoms with Crippen molar-refractivity contribution in [2.24, 2.45) is 4.99 Å². The van der Waals surface area contributed by atoms with Crippen LogP contribution in [0.4, 0.5) is 5.69 Å². The molecule has 1 aromatic heterocycles. The van der Waals surface area contributed by atoms with Gasteiger partial charge in [0.05, 0.1) is 16.7 Å². The number of fused-ring (bicyclic) bond motifs is 1. The standard InChI is InChI=1S/C27H21N3O/c31-26-15-10-20(16-19-6-2-1-3-7-19)17-22(26)18-28-23-13-11-21(12-14-23)27-29-24-8-4-5-9-25(24)30-27/h1-15,17-18,31H,16H2,(H,29,30). The highest BCUT2D eigenvalue weighted by atomic mass is 16.3. The molecule has 1 heterocycles. The molecule has 0 aliphatic carbocycles. The number of para-hydroxylation sites is 2. The minimum atomic E-state index is 0.222. The van der Waals surface area contributed by atoms with Crippen molar-refractivity contribution in [2.75, 3.05) is 0 Å². The SMILES string of the molecule is Oc1ccc(Cc2ccccc2)cc1C=Nc1ccc(-c2nc3ccccc3[nH]2)cc1. The van der Waals surface area contributed by atoms with Gasteiger partial charge < -0.3 is 10.1 Å². The molecule has 0 spiro atoms. The van der Waals surface area contributed by atoms with Gasteiger partial charge in [0, 0.05) is 17.3 Å². The molecule has 0 saturated carbocycles. The van der Waals surface area contributed by atoms with Crippen LogP contribution in [0, 0.1) is 0 Å². The number of aromatic hydroxyl groups is 1. The first-order valence-electron chi connectivity index (χ1n) is 10.2. The molecule has 31 heavy (non-hydrogen) atoms. The number of rotatable bonds is 5. The third kappa shape index (κ3) is 4.23. The third-order valence-corrected chi connectivity index (χ3v) is 5.23. The van der Waals surface area contributed by atoms with Gasteiger partial charge in [-0.05, 0) is 66.1 Å². The fourth-order valence-corrected chi connectivity index (χ4v) is 3.59. The molecule has 0 bridgehead atoms. The van der Waals surface area contributed by atoms with Gasteiger partial charge in [-0.2, -0.15) is 0 Å². The maximum atomic E-state index is 10.2. The van der Waals surface area contributed by atoms with E-state index in [0.29, 0.717) is 5.56 Å². The van der Waals surface area contributed by atoms with E-state index in [-0.39, 0.29) is 5.75 Å². The Hall–Kier alpha value is -4.18. The third-order valence-electron chi connectivity index (χ3n) is 5.23. The van der Waals surface area contributed by atoms with Crippen LogP contribution in [-0.4, -0.2) is 21.3 Å². The molecule has 4 nitrogen and oxygen atoms in total. The Bertz CT molecular complexity index is 1320. The van der Waals surface area contributed by atoms with E-state index in [2.05, 4.69) is 27.1 Å². The van der Waals surface area contributed by atoms with E-state index < -0.39 is 0 Å². The fourth-order valence-electron chi connectivity index (χ4n) is 3.59. The van der Waals surface area contributed by atoms with Gasteiger partial charge in [0.15, 0.2) is 0 Å². The molecule has 5 rings (SSSR count). The minimum Gasteiger partial charge on any atom is -0.507 e. The molecular weight excluding hydrogens is 382 g/mol. The molecule has 150 valence electrons. The van der Waals surface area contributed by atoms with Crippen LogP contribution in [0.3, 0.4) is 0 Å². The summed E-state index contributed by atoms with van der Waals surface area (Å²) in [5.74, 6) is 1.06. The van der Waals surface area contributed by atoms with Crippen molar-refractivity contribution in [1.29, 1.82) is 0 Å². The van der Waals surface area contributed by atoms with Crippen molar-refractivity contribution in [3.63, 3.8) is 0 Å². The van der Waals surface area contributed by atoms with E-state index >= 15 is 0 Å². The summed E-state index contributed by atoms with van der Waals surface area (Å²) in [6.45, 7) is 0. The molecule has 0 atom stereocenters. The first-order valence-corrected chi connectivity index (χ1v) is 10.2. The Kier molecular flexibility index (Phi) is 5.03. The summed E-state index contributed by atoms with van der Waals surface area (Å²) in [7, 11) is 0. The van der Waals surface area contributed by atoms with Gasteiger partial charge in [0.2, 0.25) is 0 Å². The summed E-state index contributed by atoms with van der Waals surface area (Å²) >= 11 is 0. The van der Waals surface area contributed by atoms with Crippen LogP contribution in [-0.2, 0) is 6.42 Å². The molecule has 0 fully saturated rings. The highest BCUT2D eigenvalue weighted by Crippen LogP contribution is 2.24. The van der Waals surface area contributed by atoms with Crippen molar-refractivity contribution >= 4 is 22.9 Å². The number of aromatic nitrogens is 2. The number of phenolic OH excluding ortho intramolecular Hbond substituents is 1. The number of aliphatic imine (C=N–C) groups is 1. The van der Waals surface area contributed by atoms with E-state index in [1.54, 1.807) is 12.3 Å². The van der Waals surface area contributed by atoms with Crippen molar-refractivity contribution < 1.29 is 5.11 Å². The maximum Gasteiger partial charge on any atom is 0.138 e. The largest absolute Gasteiger partial charge is 0.507 e. The van der Waals surface area contributed by atoms with Gasteiger partial charge in [-0.3, -0.25) is 4.99 Å². The summed E-state index contributed by atoms with van der Waals surface area (Å²) in [6, 6.07) is 31.8. The number of aromatic amines is 1. The zero-order valence-corrected chi connectivity index (χ0v) is 16.9. The molecular formula is C27H21N3O. The van der Waals surface area contributed by atoms with Crippen molar-refractivity contribution in [3.05, 3.63) is 114 Å². The molecule has 4 aromatic carbocycles. The molecule has 4 heteroatoms. The Morgan fingerprint density at radius 2 is 1.58 bits per heavy atom. The van der Waals surface area contributed by atoms with Gasteiger partial charge in [-0.15, -0.1) is 0 Å². The quantitative estimate of drug-likeness (QED) is 0.339. The van der Waals surface area contributed by atoms with Crippen LogP contribution < -0.4 is 0 Å². The number of nitrogens with one attached hydrogen (secondary N) is 1. The van der Waals surface area contributed by atoms with E-state index in [0.717, 1.165) is 40.1 Å². The van der Waals surface area contributed by atoms with Crippen LogP contribution in [0.15, 0.2) is 102 Å². The number of phenols is 1. The predicted octanol–water partition coefficient (Wildman–Crippen LogP) is 6.28. The summed E-state index contributed by atoms with van der Waals surface area (Å²) in [5, 5.41) is 10.2. The van der Waals surface area contributed by atoms with Gasteiger partial charge >= 0.3 is 0 Å². The Morgan fingerprint density at radius 1 is 0.806 bits per heavy atom. The molecule has 0 radical (unpaired) electrons. The van der Waals surface area contributed by atoms with E-state index in [9.17, 15) is 5.11 Å². The number of nitrogens with zero attached hydrogens (tertiary/aromatic N) is 2. The highest BCUT2D eigenvalue weighted by molar-refractivity contribution is 5.86. The van der Waals surface area contributed by atoms with Crippen LogP contribution in [0.1, 0.15) is 16.7 Å². The Balaban J connectivity index is 1.34. The zero-order valence-electron chi connectivity index (χ0n) is 16.9. The molecule has 0 unspecified atom stereocenters. The monoisotopic (exact) mass is 403 g/mol. The van der Waals surface area contributed by atoms with Gasteiger partial charge in [-0.25, -0.2) is 4.98 Å². The Labute approximate surface area is 180 Å². The van der Waals surface area contributed by atoms with Gasteiger partial charge in [0.1, 0.15) is 11.6 Å². The first kappa shape index (κ1) is 18.8. The Morgan fingerprint density at radius 3 is 2.39 bits per heavy atom. The molecule has 0 saturated heterocycles. The number of hydrogen-bond acceptors (Lipinski definition) is 3. The van der Waals surface area contributed by atoms with Crippen LogP contribution >= 0.6 is 0 Å². The zero-order chi connectivity index (χ0) is 21.0. The molecule has 0 aliphatic rings. The maximum absolute atomic E-state index is 10.2. The lowest BCUT2D eigenvalue weighted by atomic mass is 10.0. The summed E-state index contributed by atoms with van der Waals surface area (Å²) in [6.07, 6.45) is 2.52. The fraction of sp³-hybridized carbons (Fsp3) is 0.0370. The second kappa shape index (κ2) is 8.28. The lowest BCUT2D eigenvalue weighted by molar-refractivity contribution is 0.474. The average molecular weight is 403 g/mol. The summed E-state index contributed by atoms with van der Waals surface area (Å²) in [5.41, 5.74) is 6.85. The van der Waals surface area contributed by atoms with E-state index in [1.165, 1.54) is 5.56 Å². The summed E-state index contributed by atoms with van der Waals surface area (Å²) in [4.78, 5) is 12.5. The lowest BCUT2D eigenvalue weighted by Crippen LogP contribution is -1.91. The smallest absolute Gasteiger partial charge is 0.138 e. The highest BCUT2D eigenvalue weighted by Gasteiger charge is 2.05. The van der Waals surface area contributed by atoms with Crippen LogP contribution in [0.2, 0.25) is 0 Å². The molecule has 0 aliphatic heterocycles. The van der Waals surface area contributed by atoms with Crippen molar-refractivity contribution in [1.82, 2.24) is 9.97 Å². The average Bonchev–Trinajstić information content (AvgIpc) is 3.25. The van der Waals surface area contributed by atoms with Gasteiger partial charge in [-0.1, -0.05) is 48.5 Å². The second-order valence-electron chi connectivity index (χ2n) is 7.46. The minimum absolute atomic E-state index is 0.222. The molecule has 0 amide bonds. The second-order valence-corrected chi connectivity index (χ2v) is 7.46. The van der Waals surface area contributed by atoms with Crippen LogP contribution in [0.5, 0.6) is 5.75 Å². The van der Waals surface area contributed by atoms with E-state index in [4.69, 9.17) is 0 Å². The lowest BCUT2D eigenvalue weighted by Gasteiger charge is -2.05. The van der Waals surface area contributed by atoms with Gasteiger partial charge in [0.25, 0.3) is 0 Å². The van der Waals surface area contributed by atoms with Crippen LogP contribution in [0.25, 0.3) is 22.4 Å². The number of H-pyrrole nitrogens is 1. The van der Waals surface area contributed by atoms with E-state index in [1.807, 2.05) is 78.9 Å². The molecule has 2 N–H and O–H groups in total. The predicted molar refractivity (Wildman–Crippen MR) is 126 cm³/mol. The summed E-state index contributed by atoms with van der Waals surface area (Å²) < 4.78 is 0. The van der Waals surface area contributed by atoms with Crippen molar-refractivity contribution in [2.45, 2.75) is 6.42 Å².